The lowest BCUT2D eigenvalue weighted by Crippen LogP contribution is -2.38. The maximum absolute atomic E-state index is 12.4. The average Bonchev–Trinajstić information content (AvgIpc) is 2.47. The predicted octanol–water partition coefficient (Wildman–Crippen LogP) is 2.31. The van der Waals surface area contributed by atoms with E-state index in [1.807, 2.05) is 19.2 Å². The molecule has 1 heterocycles. The van der Waals surface area contributed by atoms with Crippen molar-refractivity contribution in [2.24, 2.45) is 5.92 Å². The lowest BCUT2D eigenvalue weighted by molar-refractivity contribution is -0.135. The third-order valence-electron chi connectivity index (χ3n) is 3.71. The van der Waals surface area contributed by atoms with Crippen molar-refractivity contribution < 1.29 is 9.53 Å². The zero-order chi connectivity index (χ0) is 14.5. The van der Waals surface area contributed by atoms with Crippen LogP contribution >= 0.6 is 11.6 Å². The average molecular weight is 297 g/mol. The summed E-state index contributed by atoms with van der Waals surface area (Å²) in [6, 6.07) is 5.48. The van der Waals surface area contributed by atoms with Gasteiger partial charge in [-0.05, 0) is 44.1 Å². The molecule has 1 N–H and O–H groups in total. The fourth-order valence-electron chi connectivity index (χ4n) is 2.58. The number of carbonyl (C=O) groups excluding carboxylic acids is 1. The minimum atomic E-state index is 0.131. The van der Waals surface area contributed by atoms with Crippen LogP contribution in [-0.2, 0) is 11.3 Å². The molecule has 0 aromatic heterocycles. The van der Waals surface area contributed by atoms with Crippen molar-refractivity contribution >= 4 is 17.5 Å². The number of nitrogens with one attached hydrogen (secondary N) is 1. The summed E-state index contributed by atoms with van der Waals surface area (Å²) in [6.07, 6.45) is 1.83. The molecule has 5 heteroatoms. The monoisotopic (exact) mass is 296 g/mol. The quantitative estimate of drug-likeness (QED) is 0.927. The number of rotatable bonds is 4. The molecule has 1 fully saturated rings. The van der Waals surface area contributed by atoms with Crippen LogP contribution in [0.3, 0.4) is 0 Å². The molecule has 1 aromatic carbocycles. The Bertz CT molecular complexity index is 473. The topological polar surface area (TPSA) is 41.6 Å². The summed E-state index contributed by atoms with van der Waals surface area (Å²) in [5, 5.41) is 3.93. The molecule has 0 aliphatic carbocycles. The van der Waals surface area contributed by atoms with Gasteiger partial charge in [-0.3, -0.25) is 4.79 Å². The second-order valence-electron chi connectivity index (χ2n) is 5.17. The molecule has 20 heavy (non-hydrogen) atoms. The van der Waals surface area contributed by atoms with E-state index in [0.29, 0.717) is 11.6 Å². The second-order valence-corrected chi connectivity index (χ2v) is 5.61. The molecule has 1 saturated heterocycles. The maximum atomic E-state index is 12.4. The SMILES string of the molecule is COc1ccc(Cl)cc1CN(C)C(=O)C1CCNCC1. The second kappa shape index (κ2) is 6.95. The smallest absolute Gasteiger partial charge is 0.225 e. The Morgan fingerprint density at radius 2 is 2.15 bits per heavy atom. The lowest BCUT2D eigenvalue weighted by atomic mass is 9.96. The molecule has 1 aliphatic rings. The van der Waals surface area contributed by atoms with Gasteiger partial charge in [0.15, 0.2) is 0 Å². The van der Waals surface area contributed by atoms with Gasteiger partial charge in [-0.15, -0.1) is 0 Å². The minimum Gasteiger partial charge on any atom is -0.496 e. The zero-order valence-electron chi connectivity index (χ0n) is 12.0. The van der Waals surface area contributed by atoms with Gasteiger partial charge in [-0.2, -0.15) is 0 Å². The van der Waals surface area contributed by atoms with Gasteiger partial charge in [-0.25, -0.2) is 0 Å². The Balaban J connectivity index is 2.04. The van der Waals surface area contributed by atoms with Gasteiger partial charge in [0.1, 0.15) is 5.75 Å². The molecule has 1 aliphatic heterocycles. The molecule has 1 aromatic rings. The van der Waals surface area contributed by atoms with Crippen LogP contribution < -0.4 is 10.1 Å². The van der Waals surface area contributed by atoms with Crippen molar-refractivity contribution in [1.29, 1.82) is 0 Å². The number of methoxy groups -OCH3 is 1. The largest absolute Gasteiger partial charge is 0.496 e. The fourth-order valence-corrected chi connectivity index (χ4v) is 2.78. The molecule has 0 spiro atoms. The molecular weight excluding hydrogens is 276 g/mol. The lowest BCUT2D eigenvalue weighted by Gasteiger charge is -2.27. The summed E-state index contributed by atoms with van der Waals surface area (Å²) in [4.78, 5) is 14.2. The number of carbonyl (C=O) groups is 1. The number of ether oxygens (including phenoxy) is 1. The Morgan fingerprint density at radius 1 is 1.45 bits per heavy atom. The van der Waals surface area contributed by atoms with Crippen LogP contribution in [0.4, 0.5) is 0 Å². The highest BCUT2D eigenvalue weighted by Crippen LogP contribution is 2.25. The first-order valence-electron chi connectivity index (χ1n) is 6.90. The number of hydrogen-bond acceptors (Lipinski definition) is 3. The highest BCUT2D eigenvalue weighted by Gasteiger charge is 2.24. The van der Waals surface area contributed by atoms with E-state index in [4.69, 9.17) is 16.3 Å². The fraction of sp³-hybridized carbons (Fsp3) is 0.533. The molecular formula is C15H21ClN2O2. The number of benzene rings is 1. The van der Waals surface area contributed by atoms with Crippen LogP contribution in [0.5, 0.6) is 5.75 Å². The van der Waals surface area contributed by atoms with Gasteiger partial charge in [0.2, 0.25) is 5.91 Å². The molecule has 110 valence electrons. The summed E-state index contributed by atoms with van der Waals surface area (Å²) in [5.41, 5.74) is 0.935. The van der Waals surface area contributed by atoms with Gasteiger partial charge in [0, 0.05) is 30.1 Å². The van der Waals surface area contributed by atoms with E-state index < -0.39 is 0 Å². The summed E-state index contributed by atoms with van der Waals surface area (Å²) in [7, 11) is 3.46. The Labute approximate surface area is 125 Å². The summed E-state index contributed by atoms with van der Waals surface area (Å²) in [5.74, 6) is 1.10. The van der Waals surface area contributed by atoms with Crippen LogP contribution in [0, 0.1) is 5.92 Å². The third-order valence-corrected chi connectivity index (χ3v) is 3.95. The Hall–Kier alpha value is -1.26. The first kappa shape index (κ1) is 15.1. The van der Waals surface area contributed by atoms with Gasteiger partial charge in [0.05, 0.1) is 7.11 Å². The van der Waals surface area contributed by atoms with Crippen LogP contribution in [0.2, 0.25) is 5.02 Å². The van der Waals surface area contributed by atoms with Crippen molar-refractivity contribution in [3.8, 4) is 5.75 Å². The highest BCUT2D eigenvalue weighted by molar-refractivity contribution is 6.30. The van der Waals surface area contributed by atoms with Crippen molar-refractivity contribution in [3.63, 3.8) is 0 Å². The van der Waals surface area contributed by atoms with Crippen LogP contribution in [0.25, 0.3) is 0 Å². The van der Waals surface area contributed by atoms with Crippen LogP contribution in [0.1, 0.15) is 18.4 Å². The van der Waals surface area contributed by atoms with E-state index in [2.05, 4.69) is 5.32 Å². The summed E-state index contributed by atoms with van der Waals surface area (Å²) >= 11 is 6.02. The first-order valence-corrected chi connectivity index (χ1v) is 7.27. The maximum Gasteiger partial charge on any atom is 0.225 e. The van der Waals surface area contributed by atoms with Crippen molar-refractivity contribution in [1.82, 2.24) is 10.2 Å². The van der Waals surface area contributed by atoms with E-state index in [0.717, 1.165) is 37.2 Å². The van der Waals surface area contributed by atoms with Crippen molar-refractivity contribution in [2.45, 2.75) is 19.4 Å². The van der Waals surface area contributed by atoms with E-state index in [1.54, 1.807) is 18.1 Å². The summed E-state index contributed by atoms with van der Waals surface area (Å²) in [6.45, 7) is 2.36. The number of hydrogen-bond donors (Lipinski definition) is 1. The minimum absolute atomic E-state index is 0.131. The number of nitrogens with zero attached hydrogens (tertiary/aromatic N) is 1. The summed E-state index contributed by atoms with van der Waals surface area (Å²) < 4.78 is 5.32. The van der Waals surface area contributed by atoms with E-state index in [-0.39, 0.29) is 11.8 Å². The molecule has 0 bridgehead atoms. The standard InChI is InChI=1S/C15H21ClN2O2/c1-18(15(19)11-5-7-17-8-6-11)10-12-9-13(16)3-4-14(12)20-2/h3-4,9,11,17H,5-8,10H2,1-2H3. The van der Waals surface area contributed by atoms with Gasteiger partial charge < -0.3 is 15.0 Å². The first-order chi connectivity index (χ1) is 9.61. The molecule has 4 nitrogen and oxygen atoms in total. The number of halogens is 1. The number of piperidine rings is 1. The van der Waals surface area contributed by atoms with Crippen LogP contribution in [-0.4, -0.2) is 38.1 Å². The van der Waals surface area contributed by atoms with Gasteiger partial charge >= 0.3 is 0 Å². The van der Waals surface area contributed by atoms with Crippen molar-refractivity contribution in [2.75, 3.05) is 27.2 Å². The zero-order valence-corrected chi connectivity index (χ0v) is 12.7. The number of amides is 1. The molecule has 0 atom stereocenters. The van der Waals surface area contributed by atoms with Crippen molar-refractivity contribution in [3.05, 3.63) is 28.8 Å². The predicted molar refractivity (Wildman–Crippen MR) is 80.1 cm³/mol. The van der Waals surface area contributed by atoms with Gasteiger partial charge in [-0.1, -0.05) is 11.6 Å². The molecule has 0 saturated carbocycles. The van der Waals surface area contributed by atoms with E-state index >= 15 is 0 Å². The molecule has 1 amide bonds. The Kier molecular flexibility index (Phi) is 5.26. The van der Waals surface area contributed by atoms with Crippen LogP contribution in [0.15, 0.2) is 18.2 Å². The van der Waals surface area contributed by atoms with E-state index in [9.17, 15) is 4.79 Å². The normalized spacial score (nSPS) is 15.9. The Morgan fingerprint density at radius 3 is 2.80 bits per heavy atom. The molecule has 2 rings (SSSR count). The third kappa shape index (κ3) is 3.64. The molecule has 0 unspecified atom stereocenters. The molecule has 0 radical (unpaired) electrons. The van der Waals surface area contributed by atoms with Gasteiger partial charge in [0.25, 0.3) is 0 Å². The highest BCUT2D eigenvalue weighted by atomic mass is 35.5. The van der Waals surface area contributed by atoms with E-state index in [1.165, 1.54) is 0 Å².